The Hall–Kier alpha value is -1.42. The molecule has 19 heavy (non-hydrogen) atoms. The van der Waals surface area contributed by atoms with Crippen molar-refractivity contribution in [2.24, 2.45) is 0 Å². The lowest BCUT2D eigenvalue weighted by molar-refractivity contribution is -0.146. The Labute approximate surface area is 110 Å². The summed E-state index contributed by atoms with van der Waals surface area (Å²) in [5.74, 6) is -2.82. The number of nitrogens with zero attached hydrogens (tertiary/aromatic N) is 2. The molecule has 2 rings (SSSR count). The maximum atomic E-state index is 12.2. The molecule has 0 radical (unpaired) electrons. The first-order valence-electron chi connectivity index (χ1n) is 4.87. The molecule has 0 spiro atoms. The first-order chi connectivity index (χ1) is 8.68. The number of halogens is 3. The number of thiophene rings is 1. The Bertz CT molecular complexity index is 688. The summed E-state index contributed by atoms with van der Waals surface area (Å²) in [6.45, 7) is 1.72. The Morgan fingerprint density at radius 1 is 1.37 bits per heavy atom. The summed E-state index contributed by atoms with van der Waals surface area (Å²) in [5, 5.41) is 2.70. The zero-order chi connectivity index (χ0) is 14.3. The van der Waals surface area contributed by atoms with Gasteiger partial charge in [0, 0.05) is 4.88 Å². The van der Waals surface area contributed by atoms with Crippen LogP contribution >= 0.6 is 11.3 Å². The van der Waals surface area contributed by atoms with Crippen molar-refractivity contribution < 1.29 is 26.1 Å². The fraction of sp³-hybridized carbons (Fsp3) is 0.333. The molecule has 0 aliphatic heterocycles. The third-order valence-electron chi connectivity index (χ3n) is 2.06. The number of sulfone groups is 1. The molecular formula is C9H7F3N2O3S2. The van der Waals surface area contributed by atoms with E-state index in [1.54, 1.807) is 13.0 Å². The maximum absolute atomic E-state index is 12.2. The topological polar surface area (TPSA) is 73.1 Å². The van der Waals surface area contributed by atoms with Gasteiger partial charge >= 0.3 is 6.18 Å². The standard InChI is InChI=1S/C9H7F3N2O3S2/c1-5-2-3-7(18-5)19(15,16)4-6-13-8(14-17-6)9(10,11)12/h2-3H,4H2,1H3. The predicted octanol–water partition coefficient (Wildman–Crippen LogP) is 2.43. The maximum Gasteiger partial charge on any atom is 0.455 e. The average molecular weight is 312 g/mol. The lowest BCUT2D eigenvalue weighted by Crippen LogP contribution is -2.08. The SMILES string of the molecule is Cc1ccc(S(=O)(=O)Cc2nc(C(F)(F)F)no2)s1. The molecule has 10 heteroatoms. The van der Waals surface area contributed by atoms with Gasteiger partial charge in [-0.2, -0.15) is 18.2 Å². The van der Waals surface area contributed by atoms with E-state index in [1.165, 1.54) is 6.07 Å². The molecule has 0 bridgehead atoms. The average Bonchev–Trinajstić information content (AvgIpc) is 2.85. The highest BCUT2D eigenvalue weighted by atomic mass is 32.2. The number of hydrogen-bond acceptors (Lipinski definition) is 6. The minimum absolute atomic E-state index is 0.0526. The van der Waals surface area contributed by atoms with Crippen LogP contribution in [0.5, 0.6) is 0 Å². The van der Waals surface area contributed by atoms with Crippen molar-refractivity contribution in [1.82, 2.24) is 10.1 Å². The van der Waals surface area contributed by atoms with Crippen molar-refractivity contribution in [3.05, 3.63) is 28.7 Å². The van der Waals surface area contributed by atoms with Gasteiger partial charge in [-0.15, -0.1) is 11.3 Å². The lowest BCUT2D eigenvalue weighted by Gasteiger charge is -1.97. The highest BCUT2D eigenvalue weighted by Gasteiger charge is 2.37. The minimum atomic E-state index is -4.76. The van der Waals surface area contributed by atoms with Crippen molar-refractivity contribution in [1.29, 1.82) is 0 Å². The van der Waals surface area contributed by atoms with Gasteiger partial charge in [-0.1, -0.05) is 5.16 Å². The van der Waals surface area contributed by atoms with Crippen LogP contribution < -0.4 is 0 Å². The number of hydrogen-bond donors (Lipinski definition) is 0. The summed E-state index contributed by atoms with van der Waals surface area (Å²) in [5.41, 5.74) is 0. The van der Waals surface area contributed by atoms with Gasteiger partial charge < -0.3 is 4.52 Å². The molecule has 0 atom stereocenters. The summed E-state index contributed by atoms with van der Waals surface area (Å²) < 4.78 is 64.8. The van der Waals surface area contributed by atoms with E-state index in [1.807, 2.05) is 0 Å². The van der Waals surface area contributed by atoms with Crippen LogP contribution in [0.3, 0.4) is 0 Å². The molecule has 0 saturated carbocycles. The molecule has 5 nitrogen and oxygen atoms in total. The second-order valence-corrected chi connectivity index (χ2v) is 7.14. The molecule has 0 saturated heterocycles. The van der Waals surface area contributed by atoms with Crippen LogP contribution in [0.4, 0.5) is 13.2 Å². The van der Waals surface area contributed by atoms with E-state index in [9.17, 15) is 21.6 Å². The van der Waals surface area contributed by atoms with Crippen LogP contribution in [0.25, 0.3) is 0 Å². The van der Waals surface area contributed by atoms with Crippen molar-refractivity contribution in [3.63, 3.8) is 0 Å². The summed E-state index contributed by atoms with van der Waals surface area (Å²) >= 11 is 1.03. The van der Waals surface area contributed by atoms with E-state index >= 15 is 0 Å². The van der Waals surface area contributed by atoms with Gasteiger partial charge in [0.05, 0.1) is 0 Å². The highest BCUT2D eigenvalue weighted by molar-refractivity contribution is 7.92. The van der Waals surface area contributed by atoms with Crippen LogP contribution in [0.1, 0.15) is 16.6 Å². The van der Waals surface area contributed by atoms with E-state index < -0.39 is 33.5 Å². The number of rotatable bonds is 3. The molecule has 2 aromatic heterocycles. The van der Waals surface area contributed by atoms with Gasteiger partial charge in [0.2, 0.25) is 5.89 Å². The molecule has 2 aromatic rings. The molecule has 0 unspecified atom stereocenters. The molecular weight excluding hydrogens is 305 g/mol. The molecule has 0 aliphatic rings. The highest BCUT2D eigenvalue weighted by Crippen LogP contribution is 2.28. The Balaban J connectivity index is 2.24. The smallest absolute Gasteiger partial charge is 0.338 e. The van der Waals surface area contributed by atoms with Crippen LogP contribution in [0.2, 0.25) is 0 Å². The van der Waals surface area contributed by atoms with E-state index in [-0.39, 0.29) is 4.21 Å². The minimum Gasteiger partial charge on any atom is -0.338 e. The molecule has 0 fully saturated rings. The summed E-state index contributed by atoms with van der Waals surface area (Å²) in [6, 6.07) is 2.99. The van der Waals surface area contributed by atoms with Crippen molar-refractivity contribution in [2.75, 3.05) is 0 Å². The first-order valence-corrected chi connectivity index (χ1v) is 7.34. The lowest BCUT2D eigenvalue weighted by atomic mass is 10.5. The molecule has 2 heterocycles. The van der Waals surface area contributed by atoms with Crippen molar-refractivity contribution in [3.8, 4) is 0 Å². The molecule has 0 N–H and O–H groups in total. The zero-order valence-electron chi connectivity index (χ0n) is 9.43. The van der Waals surface area contributed by atoms with Gasteiger partial charge in [-0.05, 0) is 19.1 Å². The van der Waals surface area contributed by atoms with Crippen LogP contribution in [0.15, 0.2) is 20.9 Å². The molecule has 0 aliphatic carbocycles. The quantitative estimate of drug-likeness (QED) is 0.870. The fourth-order valence-electron chi connectivity index (χ4n) is 1.24. The van der Waals surface area contributed by atoms with E-state index in [0.717, 1.165) is 16.2 Å². The van der Waals surface area contributed by atoms with Crippen LogP contribution in [-0.2, 0) is 21.8 Å². The van der Waals surface area contributed by atoms with Crippen molar-refractivity contribution in [2.45, 2.75) is 23.1 Å². The summed E-state index contributed by atoms with van der Waals surface area (Å²) in [7, 11) is -3.77. The van der Waals surface area contributed by atoms with E-state index in [4.69, 9.17) is 0 Å². The normalized spacial score (nSPS) is 12.8. The Morgan fingerprint density at radius 2 is 2.05 bits per heavy atom. The summed E-state index contributed by atoms with van der Waals surface area (Å²) in [4.78, 5) is 3.80. The van der Waals surface area contributed by atoms with Gasteiger partial charge in [0.15, 0.2) is 9.84 Å². The number of aromatic nitrogens is 2. The third kappa shape index (κ3) is 3.13. The number of alkyl halides is 3. The van der Waals surface area contributed by atoms with Gasteiger partial charge in [-0.3, -0.25) is 0 Å². The second-order valence-electron chi connectivity index (χ2n) is 3.63. The van der Waals surface area contributed by atoms with Gasteiger partial charge in [0.1, 0.15) is 9.96 Å². The van der Waals surface area contributed by atoms with Crippen molar-refractivity contribution >= 4 is 21.2 Å². The van der Waals surface area contributed by atoms with E-state index in [0.29, 0.717) is 0 Å². The largest absolute Gasteiger partial charge is 0.455 e. The van der Waals surface area contributed by atoms with Gasteiger partial charge in [0.25, 0.3) is 5.82 Å². The first kappa shape index (κ1) is 14.0. The third-order valence-corrected chi connectivity index (χ3v) is 5.24. The molecule has 0 amide bonds. The molecule has 0 aromatic carbocycles. The molecule has 104 valence electrons. The van der Waals surface area contributed by atoms with Gasteiger partial charge in [-0.25, -0.2) is 8.42 Å². The monoisotopic (exact) mass is 312 g/mol. The van der Waals surface area contributed by atoms with Crippen LogP contribution in [-0.4, -0.2) is 18.6 Å². The van der Waals surface area contributed by atoms with E-state index in [2.05, 4.69) is 14.7 Å². The summed E-state index contributed by atoms with van der Waals surface area (Å²) in [6.07, 6.45) is -4.76. The Morgan fingerprint density at radius 3 is 2.53 bits per heavy atom. The zero-order valence-corrected chi connectivity index (χ0v) is 11.1. The number of aryl methyl sites for hydroxylation is 1. The fourth-order valence-corrected chi connectivity index (χ4v) is 3.77. The van der Waals surface area contributed by atoms with Crippen LogP contribution in [0, 0.1) is 6.92 Å². The Kier molecular flexibility index (Phi) is 3.39. The second kappa shape index (κ2) is 4.60. The predicted molar refractivity (Wildman–Crippen MR) is 59.2 cm³/mol.